The molecule has 2 aromatic rings. The highest BCUT2D eigenvalue weighted by Crippen LogP contribution is 2.26. The molecule has 0 amide bonds. The Morgan fingerprint density at radius 1 is 1.15 bits per heavy atom. The van der Waals surface area contributed by atoms with Crippen molar-refractivity contribution >= 4 is 17.3 Å². The number of aliphatic hydroxyl groups is 1. The van der Waals surface area contributed by atoms with Crippen molar-refractivity contribution in [2.75, 3.05) is 18.5 Å². The molecule has 0 saturated carbocycles. The van der Waals surface area contributed by atoms with Crippen molar-refractivity contribution in [2.24, 2.45) is 0 Å². The van der Waals surface area contributed by atoms with Crippen LogP contribution in [0.1, 0.15) is 18.1 Å². The minimum atomic E-state index is -0.655. The van der Waals surface area contributed by atoms with Gasteiger partial charge in [-0.05, 0) is 30.2 Å². The monoisotopic (exact) mass is 293 g/mol. The SMILES string of the molecule is CN(CCC(O)c1ccccc1Cl)c1ccccc1F. The number of hydrogen-bond donors (Lipinski definition) is 1. The molecule has 0 fully saturated rings. The van der Waals surface area contributed by atoms with Crippen LogP contribution in [0, 0.1) is 5.82 Å². The maximum absolute atomic E-state index is 13.6. The van der Waals surface area contributed by atoms with Gasteiger partial charge in [-0.25, -0.2) is 4.39 Å². The van der Waals surface area contributed by atoms with Crippen LogP contribution < -0.4 is 4.90 Å². The summed E-state index contributed by atoms with van der Waals surface area (Å²) in [5, 5.41) is 10.7. The molecule has 2 nitrogen and oxygen atoms in total. The number of nitrogens with zero attached hydrogens (tertiary/aromatic N) is 1. The first-order valence-corrected chi connectivity index (χ1v) is 6.85. The first-order chi connectivity index (χ1) is 9.59. The van der Waals surface area contributed by atoms with E-state index < -0.39 is 6.10 Å². The Labute approximate surface area is 123 Å². The number of hydrogen-bond acceptors (Lipinski definition) is 2. The minimum Gasteiger partial charge on any atom is -0.388 e. The summed E-state index contributed by atoms with van der Waals surface area (Å²) in [6.07, 6.45) is -0.174. The highest BCUT2D eigenvalue weighted by atomic mass is 35.5. The molecule has 0 aliphatic carbocycles. The van der Waals surface area contributed by atoms with Crippen molar-refractivity contribution in [1.29, 1.82) is 0 Å². The first kappa shape index (κ1) is 14.8. The molecule has 0 aromatic heterocycles. The first-order valence-electron chi connectivity index (χ1n) is 6.47. The van der Waals surface area contributed by atoms with Gasteiger partial charge in [-0.1, -0.05) is 41.9 Å². The van der Waals surface area contributed by atoms with E-state index in [0.717, 1.165) is 0 Å². The van der Waals surface area contributed by atoms with E-state index >= 15 is 0 Å². The van der Waals surface area contributed by atoms with Gasteiger partial charge in [-0.15, -0.1) is 0 Å². The summed E-state index contributed by atoms with van der Waals surface area (Å²) in [6, 6.07) is 13.8. The Kier molecular flexibility index (Phi) is 4.99. The fraction of sp³-hybridized carbons (Fsp3) is 0.250. The number of para-hydroxylation sites is 1. The van der Waals surface area contributed by atoms with Gasteiger partial charge in [-0.2, -0.15) is 0 Å². The molecule has 0 bridgehead atoms. The van der Waals surface area contributed by atoms with Crippen LogP contribution in [0.4, 0.5) is 10.1 Å². The van der Waals surface area contributed by atoms with Crippen molar-refractivity contribution in [3.8, 4) is 0 Å². The predicted octanol–water partition coefficient (Wildman–Crippen LogP) is 4.04. The van der Waals surface area contributed by atoms with Gasteiger partial charge in [0.15, 0.2) is 0 Å². The molecule has 0 heterocycles. The van der Waals surface area contributed by atoms with Crippen LogP contribution in [0.5, 0.6) is 0 Å². The Morgan fingerprint density at radius 2 is 1.80 bits per heavy atom. The van der Waals surface area contributed by atoms with Crippen LogP contribution in [-0.2, 0) is 0 Å². The Hall–Kier alpha value is -1.58. The summed E-state index contributed by atoms with van der Waals surface area (Å²) in [5.41, 5.74) is 1.23. The Balaban J connectivity index is 1.99. The summed E-state index contributed by atoms with van der Waals surface area (Å²) in [7, 11) is 1.80. The average molecular weight is 294 g/mol. The highest BCUT2D eigenvalue weighted by Gasteiger charge is 2.13. The molecule has 2 rings (SSSR count). The smallest absolute Gasteiger partial charge is 0.146 e. The third-order valence-corrected chi connectivity index (χ3v) is 3.61. The average Bonchev–Trinajstić information content (AvgIpc) is 2.45. The van der Waals surface area contributed by atoms with E-state index in [1.807, 2.05) is 12.1 Å². The molecule has 20 heavy (non-hydrogen) atoms. The molecule has 1 atom stereocenters. The molecule has 2 aromatic carbocycles. The zero-order valence-corrected chi connectivity index (χ0v) is 12.0. The molecule has 0 saturated heterocycles. The second-order valence-corrected chi connectivity index (χ2v) is 5.11. The largest absolute Gasteiger partial charge is 0.388 e. The zero-order chi connectivity index (χ0) is 14.5. The molecule has 0 aliphatic heterocycles. The van der Waals surface area contributed by atoms with Crippen molar-refractivity contribution in [3.05, 3.63) is 64.9 Å². The Bertz CT molecular complexity index is 524. The van der Waals surface area contributed by atoms with Crippen molar-refractivity contribution in [1.82, 2.24) is 0 Å². The van der Waals surface area contributed by atoms with Gasteiger partial charge in [0.1, 0.15) is 5.82 Å². The third kappa shape index (κ3) is 3.50. The number of halogens is 2. The van der Waals surface area contributed by atoms with E-state index in [1.165, 1.54) is 6.07 Å². The molecule has 1 unspecified atom stereocenters. The lowest BCUT2D eigenvalue weighted by atomic mass is 10.1. The standard InChI is InChI=1S/C16H17ClFNO/c1-19(15-9-5-4-8-14(15)18)11-10-16(20)12-6-2-3-7-13(12)17/h2-9,16,20H,10-11H2,1H3. The second kappa shape index (κ2) is 6.73. The number of benzene rings is 2. The third-order valence-electron chi connectivity index (χ3n) is 3.27. The lowest BCUT2D eigenvalue weighted by molar-refractivity contribution is 0.170. The fourth-order valence-electron chi connectivity index (χ4n) is 2.10. The highest BCUT2D eigenvalue weighted by molar-refractivity contribution is 6.31. The zero-order valence-electron chi connectivity index (χ0n) is 11.3. The quantitative estimate of drug-likeness (QED) is 0.899. The number of aliphatic hydroxyl groups excluding tert-OH is 1. The molecule has 0 spiro atoms. The van der Waals surface area contributed by atoms with Gasteiger partial charge in [0.2, 0.25) is 0 Å². The summed E-state index contributed by atoms with van der Waals surface area (Å²) >= 11 is 6.04. The van der Waals surface area contributed by atoms with Gasteiger partial charge in [-0.3, -0.25) is 0 Å². The number of anilines is 1. The predicted molar refractivity (Wildman–Crippen MR) is 80.7 cm³/mol. The maximum atomic E-state index is 13.6. The van der Waals surface area contributed by atoms with E-state index in [1.54, 1.807) is 42.3 Å². The van der Waals surface area contributed by atoms with Crippen molar-refractivity contribution in [3.63, 3.8) is 0 Å². The van der Waals surface area contributed by atoms with Gasteiger partial charge in [0.25, 0.3) is 0 Å². The molecule has 4 heteroatoms. The van der Waals surface area contributed by atoms with E-state index in [9.17, 15) is 9.50 Å². The molecule has 0 aliphatic rings. The Morgan fingerprint density at radius 3 is 2.50 bits per heavy atom. The van der Waals surface area contributed by atoms with E-state index in [-0.39, 0.29) is 5.82 Å². The minimum absolute atomic E-state index is 0.262. The van der Waals surface area contributed by atoms with Crippen LogP contribution in [0.25, 0.3) is 0 Å². The van der Waals surface area contributed by atoms with Crippen LogP contribution in [0.15, 0.2) is 48.5 Å². The lowest BCUT2D eigenvalue weighted by Gasteiger charge is -2.22. The normalized spacial score (nSPS) is 12.2. The van der Waals surface area contributed by atoms with Gasteiger partial charge >= 0.3 is 0 Å². The summed E-state index contributed by atoms with van der Waals surface area (Å²) in [6.45, 7) is 0.535. The molecule has 0 radical (unpaired) electrons. The van der Waals surface area contributed by atoms with Gasteiger partial charge in [0.05, 0.1) is 11.8 Å². The molecular weight excluding hydrogens is 277 g/mol. The van der Waals surface area contributed by atoms with Crippen molar-refractivity contribution < 1.29 is 9.50 Å². The van der Waals surface area contributed by atoms with E-state index in [2.05, 4.69) is 0 Å². The van der Waals surface area contributed by atoms with Crippen molar-refractivity contribution in [2.45, 2.75) is 12.5 Å². The van der Waals surface area contributed by atoms with Crippen LogP contribution >= 0.6 is 11.6 Å². The van der Waals surface area contributed by atoms with Gasteiger partial charge < -0.3 is 10.0 Å². The molecular formula is C16H17ClFNO. The topological polar surface area (TPSA) is 23.5 Å². The number of rotatable bonds is 5. The molecule has 1 N–H and O–H groups in total. The summed E-state index contributed by atoms with van der Waals surface area (Å²) in [4.78, 5) is 1.79. The fourth-order valence-corrected chi connectivity index (χ4v) is 2.36. The summed E-state index contributed by atoms with van der Waals surface area (Å²) in [5.74, 6) is -0.262. The second-order valence-electron chi connectivity index (χ2n) is 4.70. The van der Waals surface area contributed by atoms with E-state index in [0.29, 0.717) is 29.2 Å². The van der Waals surface area contributed by atoms with E-state index in [4.69, 9.17) is 11.6 Å². The summed E-state index contributed by atoms with van der Waals surface area (Å²) < 4.78 is 13.6. The molecule has 106 valence electrons. The van der Waals surface area contributed by atoms with Gasteiger partial charge in [0, 0.05) is 18.6 Å². The van der Waals surface area contributed by atoms with Crippen LogP contribution in [0.2, 0.25) is 5.02 Å². The van der Waals surface area contributed by atoms with Crippen LogP contribution in [0.3, 0.4) is 0 Å². The maximum Gasteiger partial charge on any atom is 0.146 e. The van der Waals surface area contributed by atoms with Crippen LogP contribution in [-0.4, -0.2) is 18.7 Å². The lowest BCUT2D eigenvalue weighted by Crippen LogP contribution is -2.21.